The van der Waals surface area contributed by atoms with E-state index >= 15 is 0 Å². The van der Waals surface area contributed by atoms with Crippen LogP contribution < -0.4 is 15.0 Å². The number of carbonyl (C=O) groups excluding carboxylic acids is 1. The second-order valence-electron chi connectivity index (χ2n) is 4.91. The van der Waals surface area contributed by atoms with Crippen molar-refractivity contribution in [2.24, 2.45) is 0 Å². The molecule has 2 N–H and O–H groups in total. The molecule has 4 nitrogen and oxygen atoms in total. The summed E-state index contributed by atoms with van der Waals surface area (Å²) >= 11 is 0. The quantitative estimate of drug-likeness (QED) is 0.798. The second kappa shape index (κ2) is 5.87. The van der Waals surface area contributed by atoms with Crippen molar-refractivity contribution in [1.29, 1.82) is 0 Å². The third-order valence-electron chi connectivity index (χ3n) is 3.53. The predicted molar refractivity (Wildman–Crippen MR) is 70.1 cm³/mol. The largest absolute Gasteiger partial charge is 0.496 e. The zero-order valence-corrected chi connectivity index (χ0v) is 11.0. The Labute approximate surface area is 108 Å². The lowest BCUT2D eigenvalue weighted by Gasteiger charge is -2.27. The number of methoxy groups -OCH3 is 1. The Balaban J connectivity index is 1.99. The number of para-hydroxylation sites is 1. The molecule has 0 aromatic heterocycles. The highest BCUT2D eigenvalue weighted by Gasteiger charge is 2.22. The van der Waals surface area contributed by atoms with Gasteiger partial charge in [0.05, 0.1) is 32.8 Å². The van der Waals surface area contributed by atoms with Crippen molar-refractivity contribution in [1.82, 2.24) is 5.32 Å². The van der Waals surface area contributed by atoms with Crippen molar-refractivity contribution < 1.29 is 14.4 Å². The van der Waals surface area contributed by atoms with Crippen LogP contribution in [0.4, 0.5) is 0 Å². The Kier molecular flexibility index (Phi) is 4.20. The lowest BCUT2D eigenvalue weighted by molar-refractivity contribution is -0.884. The molecule has 2 rings (SSSR count). The average molecular weight is 249 g/mol. The summed E-state index contributed by atoms with van der Waals surface area (Å²) in [5, 5.41) is 3.10. The van der Waals surface area contributed by atoms with Crippen LogP contribution in [-0.2, 0) is 0 Å². The van der Waals surface area contributed by atoms with Gasteiger partial charge in [-0.1, -0.05) is 12.1 Å². The molecule has 1 aliphatic rings. The van der Waals surface area contributed by atoms with Gasteiger partial charge in [-0.25, -0.2) is 0 Å². The number of nitrogens with one attached hydrogen (secondary N) is 2. The summed E-state index contributed by atoms with van der Waals surface area (Å²) in [7, 11) is 3.78. The van der Waals surface area contributed by atoms with Gasteiger partial charge in [0, 0.05) is 18.9 Å². The highest BCUT2D eigenvalue weighted by Crippen LogP contribution is 2.17. The van der Waals surface area contributed by atoms with Gasteiger partial charge >= 0.3 is 0 Å². The second-order valence-corrected chi connectivity index (χ2v) is 4.91. The number of rotatable bonds is 3. The van der Waals surface area contributed by atoms with Gasteiger partial charge in [-0.2, -0.15) is 0 Å². The molecule has 1 aliphatic heterocycles. The van der Waals surface area contributed by atoms with Crippen LogP contribution in [0.15, 0.2) is 24.3 Å². The van der Waals surface area contributed by atoms with Crippen molar-refractivity contribution in [3.05, 3.63) is 29.8 Å². The Hall–Kier alpha value is -1.55. The fourth-order valence-electron chi connectivity index (χ4n) is 2.35. The van der Waals surface area contributed by atoms with Gasteiger partial charge in [0.1, 0.15) is 5.75 Å². The van der Waals surface area contributed by atoms with Crippen LogP contribution in [0.2, 0.25) is 0 Å². The van der Waals surface area contributed by atoms with Gasteiger partial charge in [-0.05, 0) is 12.1 Å². The van der Waals surface area contributed by atoms with Crippen molar-refractivity contribution in [2.75, 3.05) is 27.2 Å². The van der Waals surface area contributed by atoms with Crippen LogP contribution in [-0.4, -0.2) is 39.2 Å². The number of hydrogen-bond acceptors (Lipinski definition) is 2. The number of benzene rings is 1. The summed E-state index contributed by atoms with van der Waals surface area (Å²) in [6.45, 7) is 2.24. The number of quaternary nitrogens is 1. The van der Waals surface area contributed by atoms with E-state index < -0.39 is 0 Å². The lowest BCUT2D eigenvalue weighted by atomic mass is 10.0. The summed E-state index contributed by atoms with van der Waals surface area (Å²) in [5.74, 6) is 0.602. The minimum atomic E-state index is -0.0306. The van der Waals surface area contributed by atoms with E-state index in [2.05, 4.69) is 12.4 Å². The molecule has 0 unspecified atom stereocenters. The summed E-state index contributed by atoms with van der Waals surface area (Å²) in [5.41, 5.74) is 0.617. The summed E-state index contributed by atoms with van der Waals surface area (Å²) in [4.78, 5) is 13.7. The maximum atomic E-state index is 12.2. The Morgan fingerprint density at radius 3 is 2.67 bits per heavy atom. The molecular formula is C14H21N2O2+. The highest BCUT2D eigenvalue weighted by molar-refractivity contribution is 5.97. The number of piperidine rings is 1. The third-order valence-corrected chi connectivity index (χ3v) is 3.53. The van der Waals surface area contributed by atoms with Gasteiger partial charge in [-0.15, -0.1) is 0 Å². The van der Waals surface area contributed by atoms with E-state index in [1.165, 1.54) is 4.90 Å². The number of hydrogen-bond donors (Lipinski definition) is 2. The zero-order chi connectivity index (χ0) is 13.0. The van der Waals surface area contributed by atoms with Crippen LogP contribution in [0, 0.1) is 0 Å². The van der Waals surface area contributed by atoms with Gasteiger partial charge in [-0.3, -0.25) is 4.79 Å². The standard InChI is InChI=1S/C14H20N2O2/c1-16-9-7-11(8-10-16)15-14(17)12-5-3-4-6-13(12)18-2/h3-6,11H,7-10H2,1-2H3,(H,15,17)/p+1. The number of ether oxygens (including phenoxy) is 1. The van der Waals surface area contributed by atoms with Gasteiger partial charge < -0.3 is 15.0 Å². The number of amides is 1. The molecule has 0 aliphatic carbocycles. The van der Waals surface area contributed by atoms with Crippen LogP contribution in [0.5, 0.6) is 5.75 Å². The first-order valence-electron chi connectivity index (χ1n) is 6.46. The minimum absolute atomic E-state index is 0.0306. The SMILES string of the molecule is COc1ccccc1C(=O)NC1CC[NH+](C)CC1. The molecule has 1 saturated heterocycles. The van der Waals surface area contributed by atoms with E-state index in [1.54, 1.807) is 13.2 Å². The molecule has 1 heterocycles. The monoisotopic (exact) mass is 249 g/mol. The van der Waals surface area contributed by atoms with E-state index in [4.69, 9.17) is 4.74 Å². The maximum absolute atomic E-state index is 12.2. The van der Waals surface area contributed by atoms with E-state index in [9.17, 15) is 4.79 Å². The Bertz CT molecular complexity index is 412. The van der Waals surface area contributed by atoms with E-state index in [-0.39, 0.29) is 5.91 Å². The highest BCUT2D eigenvalue weighted by atomic mass is 16.5. The van der Waals surface area contributed by atoms with Crippen molar-refractivity contribution in [3.63, 3.8) is 0 Å². The molecule has 4 heteroatoms. The molecule has 0 atom stereocenters. The first-order chi connectivity index (χ1) is 8.70. The molecule has 0 saturated carbocycles. The first-order valence-corrected chi connectivity index (χ1v) is 6.46. The topological polar surface area (TPSA) is 42.8 Å². The summed E-state index contributed by atoms with van der Waals surface area (Å²) < 4.78 is 5.21. The minimum Gasteiger partial charge on any atom is -0.496 e. The fourth-order valence-corrected chi connectivity index (χ4v) is 2.35. The molecule has 1 aromatic carbocycles. The number of likely N-dealkylation sites (tertiary alicyclic amines) is 1. The zero-order valence-electron chi connectivity index (χ0n) is 11.0. The van der Waals surface area contributed by atoms with E-state index in [0.29, 0.717) is 17.4 Å². The molecule has 18 heavy (non-hydrogen) atoms. The van der Waals surface area contributed by atoms with E-state index in [0.717, 1.165) is 25.9 Å². The predicted octanol–water partition coefficient (Wildman–Crippen LogP) is 0.102. The van der Waals surface area contributed by atoms with Crippen molar-refractivity contribution >= 4 is 5.91 Å². The molecule has 0 radical (unpaired) electrons. The van der Waals surface area contributed by atoms with Crippen molar-refractivity contribution in [2.45, 2.75) is 18.9 Å². The average Bonchev–Trinajstić information content (AvgIpc) is 2.41. The number of carbonyl (C=O) groups is 1. The summed E-state index contributed by atoms with van der Waals surface area (Å²) in [6.07, 6.45) is 2.10. The summed E-state index contributed by atoms with van der Waals surface area (Å²) in [6, 6.07) is 7.64. The third kappa shape index (κ3) is 3.01. The van der Waals surface area contributed by atoms with Crippen LogP contribution in [0.25, 0.3) is 0 Å². The molecule has 0 bridgehead atoms. The molecule has 1 aromatic rings. The smallest absolute Gasteiger partial charge is 0.255 e. The maximum Gasteiger partial charge on any atom is 0.255 e. The van der Waals surface area contributed by atoms with Gasteiger partial charge in [0.25, 0.3) is 5.91 Å². The van der Waals surface area contributed by atoms with Crippen LogP contribution >= 0.6 is 0 Å². The fraction of sp³-hybridized carbons (Fsp3) is 0.500. The molecule has 0 spiro atoms. The molecule has 1 fully saturated rings. The van der Waals surface area contributed by atoms with Gasteiger partial charge in [0.2, 0.25) is 0 Å². The molecular weight excluding hydrogens is 228 g/mol. The molecule has 1 amide bonds. The van der Waals surface area contributed by atoms with Crippen LogP contribution in [0.3, 0.4) is 0 Å². The van der Waals surface area contributed by atoms with Crippen LogP contribution in [0.1, 0.15) is 23.2 Å². The molecule has 98 valence electrons. The van der Waals surface area contributed by atoms with Gasteiger partial charge in [0.15, 0.2) is 0 Å². The normalized spacial score (nSPS) is 23.4. The van der Waals surface area contributed by atoms with Crippen molar-refractivity contribution in [3.8, 4) is 5.75 Å². The first kappa shape index (κ1) is 12.9. The lowest BCUT2D eigenvalue weighted by Crippen LogP contribution is -3.10. The van der Waals surface area contributed by atoms with E-state index in [1.807, 2.05) is 18.2 Å². The Morgan fingerprint density at radius 2 is 2.00 bits per heavy atom. The Morgan fingerprint density at radius 1 is 1.33 bits per heavy atom.